The van der Waals surface area contributed by atoms with Crippen molar-refractivity contribution in [2.75, 3.05) is 26.4 Å². The number of aryl methyl sites for hydroxylation is 1. The van der Waals surface area contributed by atoms with Crippen molar-refractivity contribution in [3.8, 4) is 11.5 Å². The minimum Gasteiger partial charge on any atom is -0.486 e. The van der Waals surface area contributed by atoms with E-state index < -0.39 is 17.5 Å². The smallest absolute Gasteiger partial charge is 0.198 e. The van der Waals surface area contributed by atoms with Gasteiger partial charge in [-0.2, -0.15) is 0 Å². The van der Waals surface area contributed by atoms with Gasteiger partial charge in [0.15, 0.2) is 17.3 Å². The van der Waals surface area contributed by atoms with Crippen LogP contribution >= 0.6 is 0 Å². The van der Waals surface area contributed by atoms with Gasteiger partial charge in [0.25, 0.3) is 0 Å². The highest BCUT2D eigenvalue weighted by molar-refractivity contribution is 5.46. The number of ether oxygens (including phenoxy) is 4. The zero-order chi connectivity index (χ0) is 20.8. The summed E-state index contributed by atoms with van der Waals surface area (Å²) in [5, 5.41) is 20.3. The van der Waals surface area contributed by atoms with E-state index in [9.17, 15) is 10.2 Å². The number of hydrogen-bond acceptors (Lipinski definition) is 6. The molecule has 2 aromatic rings. The molecule has 0 amide bonds. The Kier molecular flexibility index (Phi) is 4.98. The number of hydrogen-bond donors (Lipinski definition) is 2. The highest BCUT2D eigenvalue weighted by Crippen LogP contribution is 2.49. The Morgan fingerprint density at radius 2 is 1.83 bits per heavy atom. The lowest BCUT2D eigenvalue weighted by molar-refractivity contribution is -0.248. The van der Waals surface area contributed by atoms with Gasteiger partial charge in [-0.3, -0.25) is 0 Å². The van der Waals surface area contributed by atoms with Gasteiger partial charge in [0.2, 0.25) is 0 Å². The summed E-state index contributed by atoms with van der Waals surface area (Å²) < 4.78 is 23.7. The van der Waals surface area contributed by atoms with E-state index in [1.165, 1.54) is 11.1 Å². The zero-order valence-electron chi connectivity index (χ0n) is 17.2. The third kappa shape index (κ3) is 3.38. The fourth-order valence-corrected chi connectivity index (χ4v) is 4.86. The number of fused-ring (bicyclic) bond motifs is 3. The molecule has 0 aliphatic carbocycles. The maximum atomic E-state index is 10.4. The largest absolute Gasteiger partial charge is 0.486 e. The maximum absolute atomic E-state index is 10.4. The molecule has 3 atom stereocenters. The zero-order valence-corrected chi connectivity index (χ0v) is 17.2. The average Bonchev–Trinajstić information content (AvgIpc) is 3.06. The van der Waals surface area contributed by atoms with Crippen molar-refractivity contribution >= 4 is 0 Å². The van der Waals surface area contributed by atoms with Crippen LogP contribution < -0.4 is 9.47 Å². The van der Waals surface area contributed by atoms with Crippen LogP contribution in [-0.2, 0) is 28.1 Å². The first-order valence-electron chi connectivity index (χ1n) is 10.7. The Bertz CT molecular complexity index is 943. The number of rotatable bonds is 5. The van der Waals surface area contributed by atoms with E-state index in [1.54, 1.807) is 0 Å². The molecular formula is C24H28O6. The van der Waals surface area contributed by atoms with Crippen molar-refractivity contribution in [3.05, 3.63) is 58.7 Å². The first-order valence-corrected chi connectivity index (χ1v) is 10.7. The van der Waals surface area contributed by atoms with Crippen molar-refractivity contribution in [2.45, 2.75) is 50.1 Å². The van der Waals surface area contributed by atoms with E-state index in [2.05, 4.69) is 25.1 Å². The number of aliphatic hydroxyl groups excluding tert-OH is 2. The molecule has 30 heavy (non-hydrogen) atoms. The summed E-state index contributed by atoms with van der Waals surface area (Å²) in [5.74, 6) is 0.573. The van der Waals surface area contributed by atoms with Crippen molar-refractivity contribution < 1.29 is 29.2 Å². The van der Waals surface area contributed by atoms with Gasteiger partial charge in [0.05, 0.1) is 19.3 Å². The summed E-state index contributed by atoms with van der Waals surface area (Å²) in [5.41, 5.74) is 3.66. The van der Waals surface area contributed by atoms with Gasteiger partial charge in [-0.15, -0.1) is 0 Å². The Morgan fingerprint density at radius 3 is 2.63 bits per heavy atom. The fraction of sp³-hybridized carbons (Fsp3) is 0.500. The molecule has 0 unspecified atom stereocenters. The first-order chi connectivity index (χ1) is 14.5. The van der Waals surface area contributed by atoms with E-state index in [0.717, 1.165) is 35.5 Å². The molecule has 160 valence electrons. The standard InChI is InChI=1S/C24H28O6/c1-2-17-4-5-19(24-13-20(26)12-23(14-25,30-24)15-29-24)11-18(17)9-16-3-6-21-22(10-16)28-8-7-27-21/h3-6,10-11,20,25-26H,2,7-9,12-15H2,1H3/t20-,23-,24+/m0/s1. The molecule has 0 radical (unpaired) electrons. The molecule has 6 nitrogen and oxygen atoms in total. The molecule has 6 heteroatoms. The molecule has 3 aliphatic rings. The summed E-state index contributed by atoms with van der Waals surface area (Å²) in [6.07, 6.45) is 1.85. The van der Waals surface area contributed by atoms with Crippen LogP contribution in [0, 0.1) is 0 Å². The average molecular weight is 412 g/mol. The highest BCUT2D eigenvalue weighted by atomic mass is 16.8. The molecule has 0 aromatic heterocycles. The number of aliphatic hydroxyl groups is 2. The Labute approximate surface area is 176 Å². The summed E-state index contributed by atoms with van der Waals surface area (Å²) in [6.45, 7) is 3.41. The molecule has 0 saturated carbocycles. The van der Waals surface area contributed by atoms with Crippen LogP contribution in [0.15, 0.2) is 36.4 Å². The lowest BCUT2D eigenvalue weighted by Crippen LogP contribution is -2.48. The van der Waals surface area contributed by atoms with Gasteiger partial charge in [0.1, 0.15) is 18.8 Å². The van der Waals surface area contributed by atoms with Crippen molar-refractivity contribution in [2.24, 2.45) is 0 Å². The Hall–Kier alpha value is -2.12. The van der Waals surface area contributed by atoms with Gasteiger partial charge in [-0.25, -0.2) is 0 Å². The second-order valence-corrected chi connectivity index (χ2v) is 8.54. The predicted molar refractivity (Wildman–Crippen MR) is 110 cm³/mol. The fourth-order valence-electron chi connectivity index (χ4n) is 4.86. The lowest BCUT2D eigenvalue weighted by atomic mass is 9.87. The minimum absolute atomic E-state index is 0.164. The third-order valence-electron chi connectivity index (χ3n) is 6.38. The highest BCUT2D eigenvalue weighted by Gasteiger charge is 2.57. The molecule has 0 spiro atoms. The maximum Gasteiger partial charge on any atom is 0.198 e. The molecule has 2 aromatic carbocycles. The van der Waals surface area contributed by atoms with Gasteiger partial charge in [-0.05, 0) is 47.7 Å². The first kappa shape index (κ1) is 19.8. The van der Waals surface area contributed by atoms with Gasteiger partial charge < -0.3 is 29.2 Å². The van der Waals surface area contributed by atoms with E-state index in [0.29, 0.717) is 26.1 Å². The van der Waals surface area contributed by atoms with Crippen molar-refractivity contribution in [1.29, 1.82) is 0 Å². The quantitative estimate of drug-likeness (QED) is 0.786. The SMILES string of the molecule is CCc1ccc([C@]23C[C@@H](O)C[C@](CO)(CO2)O3)cc1Cc1ccc2c(c1)OCCO2. The molecule has 2 saturated heterocycles. The van der Waals surface area contributed by atoms with Crippen LogP contribution in [0.4, 0.5) is 0 Å². The van der Waals surface area contributed by atoms with Gasteiger partial charge >= 0.3 is 0 Å². The van der Waals surface area contributed by atoms with Crippen LogP contribution in [0.2, 0.25) is 0 Å². The van der Waals surface area contributed by atoms with E-state index in [1.807, 2.05) is 18.2 Å². The molecule has 2 N–H and O–H groups in total. The van der Waals surface area contributed by atoms with E-state index >= 15 is 0 Å². The van der Waals surface area contributed by atoms with Gasteiger partial charge in [-0.1, -0.05) is 25.1 Å². The molecule has 3 aliphatic heterocycles. The summed E-state index contributed by atoms with van der Waals surface area (Å²) in [6, 6.07) is 12.3. The van der Waals surface area contributed by atoms with Crippen LogP contribution in [-0.4, -0.2) is 48.3 Å². The monoisotopic (exact) mass is 412 g/mol. The van der Waals surface area contributed by atoms with Crippen LogP contribution in [0.25, 0.3) is 0 Å². The second kappa shape index (κ2) is 7.54. The van der Waals surface area contributed by atoms with Crippen molar-refractivity contribution in [1.82, 2.24) is 0 Å². The summed E-state index contributed by atoms with van der Waals surface area (Å²) >= 11 is 0. The Balaban J connectivity index is 1.47. The van der Waals surface area contributed by atoms with Crippen LogP contribution in [0.5, 0.6) is 11.5 Å². The topological polar surface area (TPSA) is 77.4 Å². The molecule has 2 bridgehead atoms. The van der Waals surface area contributed by atoms with Crippen LogP contribution in [0.1, 0.15) is 42.0 Å². The molecule has 5 rings (SSSR count). The number of benzene rings is 2. The van der Waals surface area contributed by atoms with E-state index in [4.69, 9.17) is 18.9 Å². The molecule has 3 heterocycles. The second-order valence-electron chi connectivity index (χ2n) is 8.54. The van der Waals surface area contributed by atoms with Gasteiger partial charge in [0, 0.05) is 18.4 Å². The predicted octanol–water partition coefficient (Wildman–Crippen LogP) is 2.70. The molecule has 2 fully saturated rings. The summed E-state index contributed by atoms with van der Waals surface area (Å²) in [7, 11) is 0. The van der Waals surface area contributed by atoms with E-state index in [-0.39, 0.29) is 13.2 Å². The molecular weight excluding hydrogens is 384 g/mol. The van der Waals surface area contributed by atoms with Crippen molar-refractivity contribution in [3.63, 3.8) is 0 Å². The third-order valence-corrected chi connectivity index (χ3v) is 6.38. The summed E-state index contributed by atoms with van der Waals surface area (Å²) in [4.78, 5) is 0. The van der Waals surface area contributed by atoms with Crippen LogP contribution in [0.3, 0.4) is 0 Å². The Morgan fingerprint density at radius 1 is 1.00 bits per heavy atom. The normalized spacial score (nSPS) is 29.8. The lowest BCUT2D eigenvalue weighted by Gasteiger charge is -2.39. The minimum atomic E-state index is -1.01.